The quantitative estimate of drug-likeness (QED) is 0.324. The SMILES string of the molecule is O=C(CN1C(=O)S/C(=C\c2cc(Cl)c(OCc3cccc(F)c3)c(Cl)c2)C1=O)N1CCc2ccccc2C1. The van der Waals surface area contributed by atoms with Crippen LogP contribution in [0.25, 0.3) is 6.08 Å². The molecule has 0 unspecified atom stereocenters. The third kappa shape index (κ3) is 5.72. The molecule has 0 saturated carbocycles. The van der Waals surface area contributed by atoms with Crippen molar-refractivity contribution in [3.05, 3.63) is 104 Å². The molecule has 0 aromatic heterocycles. The molecule has 38 heavy (non-hydrogen) atoms. The number of amides is 3. The van der Waals surface area contributed by atoms with Gasteiger partial charge in [0.15, 0.2) is 5.75 Å². The van der Waals surface area contributed by atoms with Gasteiger partial charge in [-0.25, -0.2) is 4.39 Å². The molecule has 2 aliphatic rings. The smallest absolute Gasteiger partial charge is 0.294 e. The van der Waals surface area contributed by atoms with Gasteiger partial charge in [-0.05, 0) is 70.8 Å². The zero-order valence-electron chi connectivity index (χ0n) is 20.0. The highest BCUT2D eigenvalue weighted by atomic mass is 35.5. The Morgan fingerprint density at radius 1 is 1.03 bits per heavy atom. The number of fused-ring (bicyclic) bond motifs is 1. The zero-order valence-corrected chi connectivity index (χ0v) is 22.3. The Hall–Kier alpha value is -3.33. The van der Waals surface area contributed by atoms with Crippen molar-refractivity contribution >= 4 is 58.1 Å². The summed E-state index contributed by atoms with van der Waals surface area (Å²) in [5.41, 5.74) is 3.37. The highest BCUT2D eigenvalue weighted by molar-refractivity contribution is 8.18. The Bertz CT molecular complexity index is 1460. The number of hydrogen-bond acceptors (Lipinski definition) is 5. The predicted molar refractivity (Wildman–Crippen MR) is 145 cm³/mol. The van der Waals surface area contributed by atoms with Gasteiger partial charge in [-0.1, -0.05) is 59.6 Å². The monoisotopic (exact) mass is 570 g/mol. The molecule has 3 amide bonds. The second-order valence-electron chi connectivity index (χ2n) is 8.83. The molecule has 3 aromatic carbocycles. The molecule has 0 bridgehead atoms. The minimum absolute atomic E-state index is 0.0616. The average Bonchev–Trinajstić information content (AvgIpc) is 3.15. The molecule has 6 nitrogen and oxygen atoms in total. The number of ether oxygens (including phenoxy) is 1. The van der Waals surface area contributed by atoms with Gasteiger partial charge >= 0.3 is 0 Å². The normalized spacial score (nSPS) is 16.2. The Morgan fingerprint density at radius 3 is 2.50 bits per heavy atom. The third-order valence-electron chi connectivity index (χ3n) is 6.24. The Balaban J connectivity index is 1.25. The molecule has 10 heteroatoms. The van der Waals surface area contributed by atoms with Gasteiger partial charge in [-0.2, -0.15) is 0 Å². The Kier molecular flexibility index (Phi) is 7.74. The first-order chi connectivity index (χ1) is 18.3. The number of carbonyl (C=O) groups excluding carboxylic acids is 3. The van der Waals surface area contributed by atoms with Crippen LogP contribution in [0.5, 0.6) is 5.75 Å². The Labute approximate surface area is 233 Å². The number of rotatable bonds is 6. The van der Waals surface area contributed by atoms with E-state index in [2.05, 4.69) is 0 Å². The van der Waals surface area contributed by atoms with E-state index in [1.165, 1.54) is 23.8 Å². The summed E-state index contributed by atoms with van der Waals surface area (Å²) in [5, 5.41) is -0.126. The van der Waals surface area contributed by atoms with E-state index in [1.54, 1.807) is 29.2 Å². The maximum Gasteiger partial charge on any atom is 0.294 e. The largest absolute Gasteiger partial charge is 0.486 e. The molecule has 0 atom stereocenters. The summed E-state index contributed by atoms with van der Waals surface area (Å²) in [6, 6.07) is 17.0. The maximum atomic E-state index is 13.4. The summed E-state index contributed by atoms with van der Waals surface area (Å²) < 4.78 is 19.1. The number of imide groups is 1. The summed E-state index contributed by atoms with van der Waals surface area (Å²) in [4.78, 5) is 41.3. The first kappa shape index (κ1) is 26.3. The van der Waals surface area contributed by atoms with Crippen molar-refractivity contribution in [2.75, 3.05) is 13.1 Å². The fourth-order valence-electron chi connectivity index (χ4n) is 4.31. The van der Waals surface area contributed by atoms with Crippen molar-refractivity contribution in [1.82, 2.24) is 9.80 Å². The van der Waals surface area contributed by atoms with Crippen LogP contribution in [0.15, 0.2) is 65.6 Å². The van der Waals surface area contributed by atoms with Gasteiger partial charge in [-0.3, -0.25) is 19.3 Å². The van der Waals surface area contributed by atoms with Crippen molar-refractivity contribution in [3.63, 3.8) is 0 Å². The van der Waals surface area contributed by atoms with Crippen LogP contribution in [-0.4, -0.2) is 39.9 Å². The van der Waals surface area contributed by atoms with Crippen molar-refractivity contribution in [1.29, 1.82) is 0 Å². The van der Waals surface area contributed by atoms with E-state index in [-0.39, 0.29) is 45.6 Å². The molecule has 1 fully saturated rings. The standard InChI is InChI=1S/C28H21Cl2FN2O4S/c29-22-11-18(12-23(30)26(22)37-16-17-4-3-7-21(31)10-17)13-24-27(35)33(28(36)38-24)15-25(34)32-9-8-19-5-1-2-6-20(19)14-32/h1-7,10-13H,8-9,14-16H2/b24-13-. The number of halogens is 3. The van der Waals surface area contributed by atoms with E-state index >= 15 is 0 Å². The third-order valence-corrected chi connectivity index (χ3v) is 7.71. The summed E-state index contributed by atoms with van der Waals surface area (Å²) in [5.74, 6) is -0.995. The zero-order chi connectivity index (χ0) is 26.8. The fraction of sp³-hybridized carbons (Fsp3) is 0.179. The second kappa shape index (κ2) is 11.2. The van der Waals surface area contributed by atoms with Crippen molar-refractivity contribution in [3.8, 4) is 5.75 Å². The predicted octanol–water partition coefficient (Wildman–Crippen LogP) is 6.33. The molecule has 2 heterocycles. The first-order valence-electron chi connectivity index (χ1n) is 11.7. The number of thioether (sulfide) groups is 1. The van der Waals surface area contributed by atoms with E-state index in [9.17, 15) is 18.8 Å². The summed E-state index contributed by atoms with van der Waals surface area (Å²) in [6.07, 6.45) is 2.23. The van der Waals surface area contributed by atoms with Crippen LogP contribution in [0.1, 0.15) is 22.3 Å². The molecule has 3 aromatic rings. The molecule has 0 N–H and O–H groups in total. The van der Waals surface area contributed by atoms with Crippen LogP contribution in [0.2, 0.25) is 10.0 Å². The van der Waals surface area contributed by atoms with Gasteiger partial charge in [0.1, 0.15) is 19.0 Å². The number of carbonyl (C=O) groups is 3. The molecule has 5 rings (SSSR count). The molecule has 1 saturated heterocycles. The van der Waals surface area contributed by atoms with Gasteiger partial charge in [0.25, 0.3) is 11.1 Å². The summed E-state index contributed by atoms with van der Waals surface area (Å²) >= 11 is 13.5. The molecule has 2 aliphatic heterocycles. The van der Waals surface area contributed by atoms with E-state index < -0.39 is 11.1 Å². The van der Waals surface area contributed by atoms with Crippen LogP contribution in [0.3, 0.4) is 0 Å². The Morgan fingerprint density at radius 2 is 1.76 bits per heavy atom. The van der Waals surface area contributed by atoms with Crippen LogP contribution in [0.4, 0.5) is 9.18 Å². The van der Waals surface area contributed by atoms with E-state index in [4.69, 9.17) is 27.9 Å². The highest BCUT2D eigenvalue weighted by Crippen LogP contribution is 2.38. The average molecular weight is 571 g/mol. The lowest BCUT2D eigenvalue weighted by Gasteiger charge is -2.29. The van der Waals surface area contributed by atoms with Gasteiger partial charge in [0.2, 0.25) is 5.91 Å². The van der Waals surface area contributed by atoms with Crippen molar-refractivity contribution in [2.24, 2.45) is 0 Å². The summed E-state index contributed by atoms with van der Waals surface area (Å²) in [6.45, 7) is 0.725. The molecular weight excluding hydrogens is 550 g/mol. The van der Waals surface area contributed by atoms with E-state index in [1.807, 2.05) is 24.3 Å². The van der Waals surface area contributed by atoms with Crippen LogP contribution < -0.4 is 4.74 Å². The van der Waals surface area contributed by atoms with Crippen LogP contribution in [-0.2, 0) is 29.2 Å². The molecule has 0 radical (unpaired) electrons. The number of benzene rings is 3. The molecule has 0 spiro atoms. The fourth-order valence-corrected chi connectivity index (χ4v) is 5.77. The van der Waals surface area contributed by atoms with E-state index in [0.29, 0.717) is 24.2 Å². The highest BCUT2D eigenvalue weighted by Gasteiger charge is 2.37. The number of nitrogens with zero attached hydrogens (tertiary/aromatic N) is 2. The van der Waals surface area contributed by atoms with Gasteiger partial charge in [0.05, 0.1) is 15.0 Å². The minimum Gasteiger partial charge on any atom is -0.486 e. The number of hydrogen-bond donors (Lipinski definition) is 0. The first-order valence-corrected chi connectivity index (χ1v) is 13.3. The van der Waals surface area contributed by atoms with Gasteiger partial charge in [-0.15, -0.1) is 0 Å². The van der Waals surface area contributed by atoms with E-state index in [0.717, 1.165) is 28.6 Å². The molecule has 194 valence electrons. The van der Waals surface area contributed by atoms with Gasteiger partial charge in [0, 0.05) is 13.1 Å². The van der Waals surface area contributed by atoms with Gasteiger partial charge < -0.3 is 9.64 Å². The summed E-state index contributed by atoms with van der Waals surface area (Å²) in [7, 11) is 0. The lowest BCUT2D eigenvalue weighted by molar-refractivity contribution is -0.136. The second-order valence-corrected chi connectivity index (χ2v) is 10.6. The van der Waals surface area contributed by atoms with Crippen molar-refractivity contribution < 1.29 is 23.5 Å². The van der Waals surface area contributed by atoms with Crippen LogP contribution in [0, 0.1) is 5.82 Å². The van der Waals surface area contributed by atoms with Crippen molar-refractivity contribution in [2.45, 2.75) is 19.6 Å². The molecule has 0 aliphatic carbocycles. The molecular formula is C28H21Cl2FN2O4S. The minimum atomic E-state index is -0.551. The maximum absolute atomic E-state index is 13.4. The lowest BCUT2D eigenvalue weighted by Crippen LogP contribution is -2.44. The lowest BCUT2D eigenvalue weighted by atomic mass is 10.00. The van der Waals surface area contributed by atoms with Crippen LogP contribution >= 0.6 is 35.0 Å². The topological polar surface area (TPSA) is 66.9 Å².